The van der Waals surface area contributed by atoms with Gasteiger partial charge in [0.05, 0.1) is 0 Å². The van der Waals surface area contributed by atoms with Crippen LogP contribution in [0.2, 0.25) is 0 Å². The molecule has 1 unspecified atom stereocenters. The van der Waals surface area contributed by atoms with Crippen molar-refractivity contribution in [2.75, 3.05) is 6.54 Å². The molecule has 1 aliphatic carbocycles. The second kappa shape index (κ2) is 4.45. The Kier molecular flexibility index (Phi) is 3.39. The van der Waals surface area contributed by atoms with Gasteiger partial charge in [0.25, 0.3) is 0 Å². The molecule has 2 rings (SSSR count). The van der Waals surface area contributed by atoms with Crippen molar-refractivity contribution in [3.8, 4) is 0 Å². The predicted molar refractivity (Wildman–Crippen MR) is 65.9 cm³/mol. The molecule has 1 aliphatic heterocycles. The molecule has 1 saturated carbocycles. The molecule has 1 heteroatoms. The molecule has 0 amide bonds. The molecular weight excluding hydrogens is 182 g/mol. The van der Waals surface area contributed by atoms with Crippen LogP contribution in [-0.4, -0.2) is 12.1 Å². The summed E-state index contributed by atoms with van der Waals surface area (Å²) in [5, 5.41) is 3.85. The number of hydrogen-bond donors (Lipinski definition) is 1. The largest absolute Gasteiger partial charge is 0.311 e. The fourth-order valence-electron chi connectivity index (χ4n) is 3.88. The van der Waals surface area contributed by atoms with Gasteiger partial charge in [-0.1, -0.05) is 33.6 Å². The Morgan fingerprint density at radius 2 is 1.80 bits per heavy atom. The summed E-state index contributed by atoms with van der Waals surface area (Å²) in [5.41, 5.74) is 0.500. The van der Waals surface area contributed by atoms with Crippen molar-refractivity contribution in [2.24, 2.45) is 17.8 Å². The van der Waals surface area contributed by atoms with Crippen LogP contribution in [0.25, 0.3) is 0 Å². The van der Waals surface area contributed by atoms with Crippen LogP contribution < -0.4 is 5.32 Å². The van der Waals surface area contributed by atoms with Gasteiger partial charge in [-0.3, -0.25) is 0 Å². The van der Waals surface area contributed by atoms with E-state index in [4.69, 9.17) is 0 Å². The third-order valence-electron chi connectivity index (χ3n) is 5.00. The minimum Gasteiger partial charge on any atom is -0.311 e. The maximum Gasteiger partial charge on any atom is 0.0233 e. The Labute approximate surface area is 95.0 Å². The fourth-order valence-corrected chi connectivity index (χ4v) is 3.88. The van der Waals surface area contributed by atoms with E-state index in [-0.39, 0.29) is 0 Å². The molecule has 1 N–H and O–H groups in total. The summed E-state index contributed by atoms with van der Waals surface area (Å²) in [7, 11) is 0. The predicted octanol–water partition coefficient (Wildman–Crippen LogP) is 3.59. The summed E-state index contributed by atoms with van der Waals surface area (Å²) in [4.78, 5) is 0. The van der Waals surface area contributed by atoms with Crippen LogP contribution >= 0.6 is 0 Å². The first-order valence-corrected chi connectivity index (χ1v) is 6.90. The first kappa shape index (κ1) is 11.4. The van der Waals surface area contributed by atoms with Gasteiger partial charge in [0.2, 0.25) is 0 Å². The smallest absolute Gasteiger partial charge is 0.0233 e. The van der Waals surface area contributed by atoms with Crippen LogP contribution in [0.1, 0.15) is 59.3 Å². The molecule has 2 fully saturated rings. The maximum absolute atomic E-state index is 3.85. The topological polar surface area (TPSA) is 12.0 Å². The van der Waals surface area contributed by atoms with Gasteiger partial charge in [-0.15, -0.1) is 0 Å². The summed E-state index contributed by atoms with van der Waals surface area (Å²) in [5.74, 6) is 2.74. The van der Waals surface area contributed by atoms with Gasteiger partial charge in [0, 0.05) is 5.54 Å². The van der Waals surface area contributed by atoms with Gasteiger partial charge >= 0.3 is 0 Å². The van der Waals surface area contributed by atoms with Crippen LogP contribution in [0, 0.1) is 17.8 Å². The van der Waals surface area contributed by atoms with E-state index in [0.717, 1.165) is 17.8 Å². The summed E-state index contributed by atoms with van der Waals surface area (Å²) in [6.45, 7) is 8.50. The Balaban J connectivity index is 2.05. The molecule has 0 aromatic rings. The second-order valence-corrected chi connectivity index (χ2v) is 6.18. The van der Waals surface area contributed by atoms with Gasteiger partial charge < -0.3 is 5.32 Å². The molecule has 15 heavy (non-hydrogen) atoms. The van der Waals surface area contributed by atoms with Crippen molar-refractivity contribution < 1.29 is 0 Å². The first-order chi connectivity index (χ1) is 7.15. The van der Waals surface area contributed by atoms with Gasteiger partial charge in [0.1, 0.15) is 0 Å². The van der Waals surface area contributed by atoms with E-state index in [9.17, 15) is 0 Å². The van der Waals surface area contributed by atoms with E-state index in [1.54, 1.807) is 0 Å². The summed E-state index contributed by atoms with van der Waals surface area (Å²) < 4.78 is 0. The minimum atomic E-state index is 0.500. The van der Waals surface area contributed by atoms with Crippen LogP contribution in [-0.2, 0) is 0 Å². The lowest BCUT2D eigenvalue weighted by molar-refractivity contribution is 0.114. The number of nitrogens with one attached hydrogen (secondary N) is 1. The van der Waals surface area contributed by atoms with E-state index in [1.165, 1.54) is 45.1 Å². The van der Waals surface area contributed by atoms with Crippen LogP contribution in [0.5, 0.6) is 0 Å². The van der Waals surface area contributed by atoms with Gasteiger partial charge in [-0.2, -0.15) is 0 Å². The van der Waals surface area contributed by atoms with E-state index in [2.05, 4.69) is 26.1 Å². The highest BCUT2D eigenvalue weighted by Crippen LogP contribution is 2.43. The average molecular weight is 209 g/mol. The molecule has 0 bridgehead atoms. The van der Waals surface area contributed by atoms with Crippen molar-refractivity contribution >= 4 is 0 Å². The highest BCUT2D eigenvalue weighted by atomic mass is 15.0. The molecule has 1 atom stereocenters. The summed E-state index contributed by atoms with van der Waals surface area (Å²) in [6.07, 6.45) is 8.66. The Morgan fingerprint density at radius 3 is 2.27 bits per heavy atom. The number of rotatable bonds is 2. The van der Waals surface area contributed by atoms with Crippen molar-refractivity contribution in [3.05, 3.63) is 0 Å². The normalized spacial score (nSPS) is 42.4. The molecule has 1 nitrogen and oxygen atoms in total. The molecule has 0 spiro atoms. The maximum atomic E-state index is 3.85. The molecule has 1 heterocycles. The van der Waals surface area contributed by atoms with Crippen molar-refractivity contribution in [2.45, 2.75) is 64.8 Å². The zero-order valence-electron chi connectivity index (χ0n) is 10.7. The van der Waals surface area contributed by atoms with Crippen LogP contribution in [0.15, 0.2) is 0 Å². The second-order valence-electron chi connectivity index (χ2n) is 6.18. The van der Waals surface area contributed by atoms with Crippen LogP contribution in [0.4, 0.5) is 0 Å². The van der Waals surface area contributed by atoms with Crippen LogP contribution in [0.3, 0.4) is 0 Å². The van der Waals surface area contributed by atoms with Crippen molar-refractivity contribution in [1.82, 2.24) is 5.32 Å². The highest BCUT2D eigenvalue weighted by Gasteiger charge is 2.43. The lowest BCUT2D eigenvalue weighted by atomic mass is 9.67. The van der Waals surface area contributed by atoms with E-state index < -0.39 is 0 Å². The molecule has 1 saturated heterocycles. The molecule has 0 aromatic carbocycles. The van der Waals surface area contributed by atoms with E-state index in [0.29, 0.717) is 5.54 Å². The summed E-state index contributed by atoms with van der Waals surface area (Å²) >= 11 is 0. The zero-order chi connectivity index (χ0) is 10.9. The zero-order valence-corrected chi connectivity index (χ0v) is 10.7. The Hall–Kier alpha value is -0.0400. The summed E-state index contributed by atoms with van der Waals surface area (Å²) in [6, 6.07) is 0. The third-order valence-corrected chi connectivity index (χ3v) is 5.00. The highest BCUT2D eigenvalue weighted by molar-refractivity contribution is 5.01. The van der Waals surface area contributed by atoms with Crippen molar-refractivity contribution in [1.29, 1.82) is 0 Å². The molecule has 0 radical (unpaired) electrons. The fraction of sp³-hybridized carbons (Fsp3) is 1.00. The van der Waals surface area contributed by atoms with E-state index >= 15 is 0 Å². The molecule has 88 valence electrons. The van der Waals surface area contributed by atoms with Gasteiger partial charge in [-0.25, -0.2) is 0 Å². The monoisotopic (exact) mass is 209 g/mol. The van der Waals surface area contributed by atoms with Gasteiger partial charge in [-0.05, 0) is 50.0 Å². The third kappa shape index (κ3) is 2.08. The SMILES string of the molecule is CC1CCC(C2(C(C)C)CCCN2)CC1. The molecule has 2 aliphatic rings. The molecular formula is C14H27N. The lowest BCUT2D eigenvalue weighted by Crippen LogP contribution is -2.52. The standard InChI is InChI=1S/C14H27N/c1-11(2)14(9-4-10-15-14)13-7-5-12(3)6-8-13/h11-13,15H,4-10H2,1-3H3. The lowest BCUT2D eigenvalue weighted by Gasteiger charge is -2.44. The average Bonchev–Trinajstić information content (AvgIpc) is 2.69. The van der Waals surface area contributed by atoms with Crippen molar-refractivity contribution in [3.63, 3.8) is 0 Å². The van der Waals surface area contributed by atoms with E-state index in [1.807, 2.05) is 0 Å². The minimum absolute atomic E-state index is 0.500. The van der Waals surface area contributed by atoms with Gasteiger partial charge in [0.15, 0.2) is 0 Å². The first-order valence-electron chi connectivity index (χ1n) is 6.90. The Morgan fingerprint density at radius 1 is 1.13 bits per heavy atom. The molecule has 0 aromatic heterocycles. The Bertz CT molecular complexity index is 195. The number of hydrogen-bond acceptors (Lipinski definition) is 1. The quantitative estimate of drug-likeness (QED) is 0.733.